The number of piperidine rings is 1. The van der Waals surface area contributed by atoms with Crippen LogP contribution < -0.4 is 0 Å². The molecule has 11 heavy (non-hydrogen) atoms. The van der Waals surface area contributed by atoms with Gasteiger partial charge < -0.3 is 4.90 Å². The van der Waals surface area contributed by atoms with E-state index in [4.69, 9.17) is 0 Å². The molecule has 1 heteroatoms. The van der Waals surface area contributed by atoms with Gasteiger partial charge in [-0.3, -0.25) is 0 Å². The molecule has 1 atom stereocenters. The second-order valence-electron chi connectivity index (χ2n) is 4.04. The Kier molecular flexibility index (Phi) is 3.38. The van der Waals surface area contributed by atoms with Gasteiger partial charge in [0.25, 0.3) is 0 Å². The van der Waals surface area contributed by atoms with Gasteiger partial charge in [-0.05, 0) is 37.8 Å². The highest BCUT2D eigenvalue weighted by molar-refractivity contribution is 4.73. The minimum absolute atomic E-state index is 0.879. The van der Waals surface area contributed by atoms with Crippen LogP contribution in [0.1, 0.15) is 33.6 Å². The van der Waals surface area contributed by atoms with Crippen molar-refractivity contribution in [2.75, 3.05) is 19.6 Å². The van der Waals surface area contributed by atoms with Crippen LogP contribution >= 0.6 is 0 Å². The normalized spacial score (nSPS) is 27.8. The topological polar surface area (TPSA) is 3.24 Å². The molecule has 0 aliphatic carbocycles. The molecule has 1 fully saturated rings. The summed E-state index contributed by atoms with van der Waals surface area (Å²) in [6.07, 6.45) is 2.87. The Hall–Kier alpha value is -0.0400. The molecular weight excluding hydrogens is 134 g/mol. The highest BCUT2D eigenvalue weighted by Gasteiger charge is 2.20. The summed E-state index contributed by atoms with van der Waals surface area (Å²) >= 11 is 0. The van der Waals surface area contributed by atoms with Gasteiger partial charge in [0.2, 0.25) is 0 Å². The summed E-state index contributed by atoms with van der Waals surface area (Å²) in [4.78, 5) is 2.58. The number of rotatable bonds is 2. The summed E-state index contributed by atoms with van der Waals surface area (Å²) in [5.41, 5.74) is 0. The lowest BCUT2D eigenvalue weighted by Gasteiger charge is -2.33. The Morgan fingerprint density at radius 2 is 2.18 bits per heavy atom. The molecule has 0 aromatic heterocycles. The second-order valence-corrected chi connectivity index (χ2v) is 4.04. The molecular formula is C10H21N. The fourth-order valence-corrected chi connectivity index (χ4v) is 1.92. The summed E-state index contributed by atoms with van der Waals surface area (Å²) in [5, 5.41) is 0. The quantitative estimate of drug-likeness (QED) is 0.592. The highest BCUT2D eigenvalue weighted by atomic mass is 15.1. The molecule has 1 aliphatic rings. The van der Waals surface area contributed by atoms with Crippen LogP contribution in [0.4, 0.5) is 0 Å². The Bertz CT molecular complexity index is 109. The fourth-order valence-electron chi connectivity index (χ4n) is 1.92. The van der Waals surface area contributed by atoms with Gasteiger partial charge in [0.1, 0.15) is 0 Å². The molecule has 1 rings (SSSR count). The van der Waals surface area contributed by atoms with Crippen LogP contribution in [-0.4, -0.2) is 24.5 Å². The van der Waals surface area contributed by atoms with Gasteiger partial charge in [0, 0.05) is 6.54 Å². The first-order valence-corrected chi connectivity index (χ1v) is 4.96. The van der Waals surface area contributed by atoms with E-state index in [0.29, 0.717) is 0 Å². The monoisotopic (exact) mass is 155 g/mol. The van der Waals surface area contributed by atoms with E-state index in [2.05, 4.69) is 25.7 Å². The first-order valence-electron chi connectivity index (χ1n) is 4.96. The molecule has 0 spiro atoms. The first kappa shape index (κ1) is 9.05. The number of hydrogen-bond donors (Lipinski definition) is 0. The van der Waals surface area contributed by atoms with Crippen molar-refractivity contribution in [2.24, 2.45) is 11.8 Å². The zero-order valence-corrected chi connectivity index (χ0v) is 8.14. The average molecular weight is 155 g/mol. The Labute approximate surface area is 70.8 Å². The highest BCUT2D eigenvalue weighted by Crippen LogP contribution is 2.22. The van der Waals surface area contributed by atoms with E-state index in [0.717, 1.165) is 11.8 Å². The summed E-state index contributed by atoms with van der Waals surface area (Å²) < 4.78 is 0. The standard InChI is InChI=1S/C10H21N/c1-4-11-7-5-6-10(8-11)9(2)3/h9-10H,4-8H2,1-3H3/t10-/m1/s1. The predicted octanol–water partition coefficient (Wildman–Crippen LogP) is 2.37. The van der Waals surface area contributed by atoms with E-state index in [1.807, 2.05) is 0 Å². The van der Waals surface area contributed by atoms with Crippen LogP contribution in [-0.2, 0) is 0 Å². The molecule has 66 valence electrons. The minimum Gasteiger partial charge on any atom is -0.303 e. The van der Waals surface area contributed by atoms with Crippen LogP contribution in [0.25, 0.3) is 0 Å². The van der Waals surface area contributed by atoms with E-state index < -0.39 is 0 Å². The lowest BCUT2D eigenvalue weighted by atomic mass is 9.88. The van der Waals surface area contributed by atoms with Crippen molar-refractivity contribution < 1.29 is 0 Å². The van der Waals surface area contributed by atoms with Gasteiger partial charge in [0.05, 0.1) is 0 Å². The molecule has 0 aromatic rings. The maximum Gasteiger partial charge on any atom is 0.00120 e. The molecule has 0 unspecified atom stereocenters. The Morgan fingerprint density at radius 3 is 2.73 bits per heavy atom. The first-order chi connectivity index (χ1) is 5.24. The number of nitrogens with zero attached hydrogens (tertiary/aromatic N) is 1. The molecule has 1 nitrogen and oxygen atoms in total. The molecule has 1 heterocycles. The zero-order valence-electron chi connectivity index (χ0n) is 8.14. The summed E-state index contributed by atoms with van der Waals surface area (Å²) in [6.45, 7) is 10.9. The third-order valence-corrected chi connectivity index (χ3v) is 2.93. The minimum atomic E-state index is 0.879. The van der Waals surface area contributed by atoms with Crippen LogP contribution in [0.15, 0.2) is 0 Å². The van der Waals surface area contributed by atoms with E-state index >= 15 is 0 Å². The molecule has 0 saturated carbocycles. The molecule has 1 saturated heterocycles. The Morgan fingerprint density at radius 1 is 1.45 bits per heavy atom. The molecule has 0 N–H and O–H groups in total. The van der Waals surface area contributed by atoms with Crippen LogP contribution in [0.5, 0.6) is 0 Å². The third-order valence-electron chi connectivity index (χ3n) is 2.93. The second kappa shape index (κ2) is 4.10. The largest absolute Gasteiger partial charge is 0.303 e. The van der Waals surface area contributed by atoms with Gasteiger partial charge in [-0.1, -0.05) is 20.8 Å². The maximum absolute atomic E-state index is 2.58. The summed E-state index contributed by atoms with van der Waals surface area (Å²) in [5.74, 6) is 1.84. The van der Waals surface area contributed by atoms with Crippen molar-refractivity contribution >= 4 is 0 Å². The van der Waals surface area contributed by atoms with E-state index in [9.17, 15) is 0 Å². The summed E-state index contributed by atoms with van der Waals surface area (Å²) in [7, 11) is 0. The van der Waals surface area contributed by atoms with Crippen LogP contribution in [0.2, 0.25) is 0 Å². The van der Waals surface area contributed by atoms with Crippen LogP contribution in [0, 0.1) is 11.8 Å². The van der Waals surface area contributed by atoms with Crippen molar-refractivity contribution in [1.29, 1.82) is 0 Å². The van der Waals surface area contributed by atoms with E-state index in [1.54, 1.807) is 0 Å². The molecule has 0 aromatic carbocycles. The Balaban J connectivity index is 2.33. The van der Waals surface area contributed by atoms with Crippen molar-refractivity contribution in [1.82, 2.24) is 4.90 Å². The average Bonchev–Trinajstić information content (AvgIpc) is 2.05. The third kappa shape index (κ3) is 2.48. The van der Waals surface area contributed by atoms with E-state index in [-0.39, 0.29) is 0 Å². The van der Waals surface area contributed by atoms with Crippen molar-refractivity contribution in [3.63, 3.8) is 0 Å². The van der Waals surface area contributed by atoms with Crippen LogP contribution in [0.3, 0.4) is 0 Å². The molecule has 0 radical (unpaired) electrons. The molecule has 0 bridgehead atoms. The lowest BCUT2D eigenvalue weighted by Crippen LogP contribution is -2.37. The zero-order chi connectivity index (χ0) is 8.27. The smallest absolute Gasteiger partial charge is 0.00120 e. The molecule has 1 aliphatic heterocycles. The van der Waals surface area contributed by atoms with Gasteiger partial charge in [-0.2, -0.15) is 0 Å². The summed E-state index contributed by atoms with van der Waals surface area (Å²) in [6, 6.07) is 0. The lowest BCUT2D eigenvalue weighted by molar-refractivity contribution is 0.152. The predicted molar refractivity (Wildman–Crippen MR) is 49.7 cm³/mol. The van der Waals surface area contributed by atoms with Gasteiger partial charge in [-0.25, -0.2) is 0 Å². The number of likely N-dealkylation sites (tertiary alicyclic amines) is 1. The van der Waals surface area contributed by atoms with Gasteiger partial charge in [0.15, 0.2) is 0 Å². The van der Waals surface area contributed by atoms with Gasteiger partial charge in [-0.15, -0.1) is 0 Å². The van der Waals surface area contributed by atoms with Gasteiger partial charge >= 0.3 is 0 Å². The maximum atomic E-state index is 2.58. The van der Waals surface area contributed by atoms with Crippen molar-refractivity contribution in [3.8, 4) is 0 Å². The number of hydrogen-bond acceptors (Lipinski definition) is 1. The SMILES string of the molecule is CCN1CCC[C@@H](C(C)C)C1. The molecule has 0 amide bonds. The fraction of sp³-hybridized carbons (Fsp3) is 1.00. The van der Waals surface area contributed by atoms with Crippen molar-refractivity contribution in [2.45, 2.75) is 33.6 Å². The van der Waals surface area contributed by atoms with E-state index in [1.165, 1.54) is 32.5 Å². The van der Waals surface area contributed by atoms with Crippen molar-refractivity contribution in [3.05, 3.63) is 0 Å².